The highest BCUT2D eigenvalue weighted by Gasteiger charge is 2.41. The minimum Gasteiger partial charge on any atom is -0.322 e. The van der Waals surface area contributed by atoms with E-state index in [2.05, 4.69) is 0 Å². The summed E-state index contributed by atoms with van der Waals surface area (Å²) in [6.45, 7) is -0.417. The van der Waals surface area contributed by atoms with E-state index in [4.69, 9.17) is 18.5 Å². The van der Waals surface area contributed by atoms with Gasteiger partial charge in [0, 0.05) is 39.6 Å². The van der Waals surface area contributed by atoms with Gasteiger partial charge in [0.2, 0.25) is 17.6 Å². The molecule has 2 unspecified atom stereocenters. The third-order valence-corrected chi connectivity index (χ3v) is 5.38. The maximum absolute atomic E-state index is 14.7. The molecule has 4 rings (SSSR count). The number of hydrogen-bond acceptors (Lipinski definition) is 4. The van der Waals surface area contributed by atoms with Crippen molar-refractivity contribution in [3.8, 4) is 0 Å². The summed E-state index contributed by atoms with van der Waals surface area (Å²) < 4.78 is 70.2. The average Bonchev–Trinajstić information content (AvgIpc) is 3.17. The van der Waals surface area contributed by atoms with Gasteiger partial charge in [-0.25, -0.2) is 0 Å². The number of Topliss-reactive ketones (excluding diaryl/α,β-unsaturated/α-hetero) is 1. The third-order valence-electron chi connectivity index (χ3n) is 5.13. The van der Waals surface area contributed by atoms with Crippen LogP contribution in [0, 0.1) is 0 Å². The van der Waals surface area contributed by atoms with Crippen molar-refractivity contribution in [3.05, 3.63) is 69.7 Å². The summed E-state index contributed by atoms with van der Waals surface area (Å²) in [5.74, 6) is -8.84. The van der Waals surface area contributed by atoms with E-state index in [1.54, 1.807) is 0 Å². The van der Waals surface area contributed by atoms with Gasteiger partial charge in [-0.2, -0.15) is 8.78 Å². The van der Waals surface area contributed by atoms with E-state index in [-0.39, 0.29) is 27.0 Å². The molecule has 2 aromatic carbocycles. The van der Waals surface area contributed by atoms with Crippen molar-refractivity contribution in [3.63, 3.8) is 0 Å². The minimum atomic E-state index is -3.98. The molecule has 2 aliphatic heterocycles. The number of ketones is 1. The second kappa shape index (κ2) is 8.43. The van der Waals surface area contributed by atoms with Crippen LogP contribution in [0.4, 0.5) is 8.78 Å². The first-order valence-corrected chi connectivity index (χ1v) is 9.89. The Bertz CT molecular complexity index is 1330. The molecule has 9 heteroatoms. The van der Waals surface area contributed by atoms with Gasteiger partial charge in [-0.05, 0) is 42.1 Å². The van der Waals surface area contributed by atoms with E-state index in [1.165, 1.54) is 24.3 Å². The highest BCUT2D eigenvalue weighted by atomic mass is 35.5. The van der Waals surface area contributed by atoms with E-state index in [0.29, 0.717) is 0 Å². The number of carbonyl (C=O) groups is 4. The minimum absolute atomic E-state index is 0.0163. The van der Waals surface area contributed by atoms with Crippen molar-refractivity contribution in [1.29, 1.82) is 0 Å². The zero-order chi connectivity index (χ0) is 27.5. The summed E-state index contributed by atoms with van der Waals surface area (Å²) in [6, 6.07) is 5.26. The van der Waals surface area contributed by atoms with Gasteiger partial charge in [0.15, 0.2) is 1.41 Å². The Morgan fingerprint density at radius 3 is 2.72 bits per heavy atom. The molecule has 0 bridgehead atoms. The summed E-state index contributed by atoms with van der Waals surface area (Å²) in [6.07, 6.45) is -6.05. The number of halogens is 3. The Labute approximate surface area is 194 Å². The van der Waals surface area contributed by atoms with Crippen molar-refractivity contribution in [2.75, 3.05) is 0 Å². The lowest BCUT2D eigenvalue weighted by Crippen LogP contribution is -2.52. The number of nitrogens with zero attached hydrogens (tertiary/aromatic N) is 1. The number of imide groups is 1. The van der Waals surface area contributed by atoms with Crippen molar-refractivity contribution >= 4 is 35.1 Å². The van der Waals surface area contributed by atoms with E-state index in [0.717, 1.165) is 23.1 Å². The number of rotatable bonds is 6. The Hall–Kier alpha value is -3.13. The van der Waals surface area contributed by atoms with Crippen LogP contribution >= 0.6 is 11.6 Å². The topological polar surface area (TPSA) is 83.6 Å². The van der Waals surface area contributed by atoms with Gasteiger partial charge in [-0.15, -0.1) is 0 Å². The van der Waals surface area contributed by atoms with Gasteiger partial charge >= 0.3 is 5.92 Å². The smallest absolute Gasteiger partial charge is 0.322 e. The number of piperidine rings is 1. The third kappa shape index (κ3) is 4.14. The summed E-state index contributed by atoms with van der Waals surface area (Å²) >= 11 is 5.70. The van der Waals surface area contributed by atoms with Crippen LogP contribution in [0.5, 0.6) is 0 Å². The second-order valence-electron chi connectivity index (χ2n) is 7.23. The number of aryl methyl sites for hydroxylation is 1. The lowest BCUT2D eigenvalue weighted by atomic mass is 9.97. The molecule has 0 aromatic heterocycles. The summed E-state index contributed by atoms with van der Waals surface area (Å²) in [4.78, 5) is 50.4. The second-order valence-corrected chi connectivity index (χ2v) is 7.66. The fourth-order valence-corrected chi connectivity index (χ4v) is 3.58. The van der Waals surface area contributed by atoms with Crippen LogP contribution in [0.2, 0.25) is 6.43 Å². The van der Waals surface area contributed by atoms with Gasteiger partial charge < -0.3 is 4.90 Å². The van der Waals surface area contributed by atoms with E-state index in [1.807, 2.05) is 0 Å². The van der Waals surface area contributed by atoms with Crippen LogP contribution in [-0.4, -0.2) is 34.4 Å². The standard InChI is InChI=1S/C23H19ClF2N2O4/c24-16-5-3-15(4-6-16)23(25,26)19(29)9-2-13-1-7-17-14(11-13)12-28(22(17)32)18-8-10-20(30)27-21(18)31/h1,3-7,11,18H,2,8-10,12H2,(H,27,30,31)/i2D2,8D,18D/hD. The summed E-state index contributed by atoms with van der Waals surface area (Å²) in [7, 11) is 0. The SMILES string of the molecule is [2H]C1CC(=O)N([2H])C(=O)C1([2H])N1Cc2cc(C([2H])([2H])CC(=O)C(F)(F)c3ccc(Cl)cc3)ccc2C1=O. The maximum Gasteiger partial charge on any atom is 0.330 e. The molecule has 2 atom stereocenters. The van der Waals surface area contributed by atoms with Crippen molar-refractivity contribution < 1.29 is 34.9 Å². The van der Waals surface area contributed by atoms with E-state index >= 15 is 0 Å². The molecule has 0 saturated carbocycles. The number of alkyl halides is 2. The van der Waals surface area contributed by atoms with Crippen molar-refractivity contribution in [1.82, 2.24) is 10.2 Å². The first-order chi connectivity index (χ1) is 17.1. The van der Waals surface area contributed by atoms with Crippen molar-refractivity contribution in [2.45, 2.75) is 44.1 Å². The molecule has 2 aromatic rings. The first-order valence-electron chi connectivity index (χ1n) is 12.0. The predicted octanol–water partition coefficient (Wildman–Crippen LogP) is 3.39. The average molecular weight is 466 g/mol. The van der Waals surface area contributed by atoms with Gasteiger partial charge in [0.05, 0.1) is 1.37 Å². The molecule has 1 N–H and O–H groups in total. The Morgan fingerprint density at radius 1 is 1.28 bits per heavy atom. The molecule has 6 nitrogen and oxygen atoms in total. The molecule has 32 heavy (non-hydrogen) atoms. The Morgan fingerprint density at radius 2 is 2.00 bits per heavy atom. The number of amides is 3. The van der Waals surface area contributed by atoms with Crippen LogP contribution in [0.25, 0.3) is 0 Å². The summed E-state index contributed by atoms with van der Waals surface area (Å²) in [5.41, 5.74) is -0.701. The fourth-order valence-electron chi connectivity index (χ4n) is 3.45. The van der Waals surface area contributed by atoms with E-state index in [9.17, 15) is 28.0 Å². The monoisotopic (exact) mass is 465 g/mol. The molecule has 166 valence electrons. The molecule has 0 aliphatic carbocycles. The zero-order valence-corrected chi connectivity index (χ0v) is 17.2. The largest absolute Gasteiger partial charge is 0.330 e. The lowest BCUT2D eigenvalue weighted by Gasteiger charge is -2.29. The van der Waals surface area contributed by atoms with Gasteiger partial charge in [0.25, 0.3) is 5.91 Å². The number of carbonyl (C=O) groups excluding carboxylic acids is 4. The van der Waals surface area contributed by atoms with Crippen LogP contribution < -0.4 is 5.31 Å². The molecular formula is C23H19ClF2N2O4. The summed E-state index contributed by atoms with van der Waals surface area (Å²) in [5, 5.41) is 0.136. The molecule has 2 aliphatic rings. The van der Waals surface area contributed by atoms with Gasteiger partial charge in [-0.1, -0.05) is 35.9 Å². The highest BCUT2D eigenvalue weighted by molar-refractivity contribution is 6.30. The first kappa shape index (κ1) is 16.5. The normalized spacial score (nSPS) is 26.2. The molecule has 1 saturated heterocycles. The van der Waals surface area contributed by atoms with Crippen LogP contribution in [0.15, 0.2) is 42.5 Å². The quantitative estimate of drug-likeness (QED) is 0.663. The zero-order valence-electron chi connectivity index (χ0n) is 21.4. The molecular weight excluding hydrogens is 442 g/mol. The molecule has 3 amide bonds. The molecule has 0 radical (unpaired) electrons. The lowest BCUT2D eigenvalue weighted by molar-refractivity contribution is -0.144. The molecule has 0 spiro atoms. The van der Waals surface area contributed by atoms with Crippen LogP contribution in [0.3, 0.4) is 0 Å². The highest BCUT2D eigenvalue weighted by Crippen LogP contribution is 2.32. The number of fused-ring (bicyclic) bond motifs is 1. The van der Waals surface area contributed by atoms with Gasteiger partial charge in [0.1, 0.15) is 6.02 Å². The predicted molar refractivity (Wildman–Crippen MR) is 111 cm³/mol. The van der Waals surface area contributed by atoms with Crippen molar-refractivity contribution in [2.24, 2.45) is 0 Å². The molecule has 2 heterocycles. The fraction of sp³-hybridized carbons (Fsp3) is 0.304. The van der Waals surface area contributed by atoms with E-state index < -0.39 is 73.2 Å². The van der Waals surface area contributed by atoms with Crippen LogP contribution in [0.1, 0.15) is 51.8 Å². The number of hydrogen-bond donors (Lipinski definition) is 1. The molecule has 1 fully saturated rings. The number of benzene rings is 2. The Balaban J connectivity index is 1.59. The maximum atomic E-state index is 14.7. The number of nitrogens with one attached hydrogen (secondary N) is 1. The van der Waals surface area contributed by atoms with Gasteiger partial charge in [-0.3, -0.25) is 24.5 Å². The Kier molecular flexibility index (Phi) is 4.34. The van der Waals surface area contributed by atoms with Crippen LogP contribution in [-0.2, 0) is 33.2 Å².